The van der Waals surface area contributed by atoms with Crippen molar-refractivity contribution in [3.8, 4) is 5.75 Å². The number of carbonyl (C=O) groups is 1. The lowest BCUT2D eigenvalue weighted by atomic mass is 10.1. The zero-order valence-electron chi connectivity index (χ0n) is 18.1. The molecule has 1 N–H and O–H groups in total. The maximum atomic E-state index is 13.1. The fourth-order valence-corrected chi connectivity index (χ4v) is 5.67. The number of nitrogens with one attached hydrogen (secondary N) is 1. The molecule has 0 unspecified atom stereocenters. The third kappa shape index (κ3) is 4.88. The normalized spacial score (nSPS) is 11.3. The zero-order valence-corrected chi connectivity index (χ0v) is 19.7. The van der Waals surface area contributed by atoms with Gasteiger partial charge in [0.2, 0.25) is 0 Å². The van der Waals surface area contributed by atoms with Crippen molar-refractivity contribution in [2.45, 2.75) is 32.2 Å². The summed E-state index contributed by atoms with van der Waals surface area (Å²) in [7, 11) is -0.693. The molecular formula is C22H25N3O4S2. The number of sulfonamides is 1. The van der Waals surface area contributed by atoms with Crippen molar-refractivity contribution < 1.29 is 17.9 Å². The number of amides is 1. The summed E-state index contributed by atoms with van der Waals surface area (Å²) in [5.74, 6) is 0.340. The number of ether oxygens (including phenoxy) is 1. The van der Waals surface area contributed by atoms with Gasteiger partial charge >= 0.3 is 0 Å². The number of hydrogen-bond donors (Lipinski definition) is 1. The average molecular weight is 460 g/mol. The number of aryl methyl sites for hydroxylation is 2. The number of methoxy groups -OCH3 is 1. The first kappa shape index (κ1) is 22.8. The van der Waals surface area contributed by atoms with Crippen LogP contribution in [0.1, 0.15) is 32.1 Å². The molecule has 0 saturated carbocycles. The summed E-state index contributed by atoms with van der Waals surface area (Å²) in [4.78, 5) is 19.1. The Morgan fingerprint density at radius 2 is 1.84 bits per heavy atom. The number of hydrogen-bond acceptors (Lipinski definition) is 6. The molecule has 0 aliphatic rings. The Hall–Kier alpha value is -2.91. The van der Waals surface area contributed by atoms with E-state index in [9.17, 15) is 13.2 Å². The lowest BCUT2D eigenvalue weighted by molar-refractivity contribution is 0.0784. The minimum absolute atomic E-state index is 0.0407. The SMILES string of the molecule is COc1c(C)cnc(CN(C)C(=O)c2sccc2S(=O)(=O)Nc2ccc(C)cc2)c1C. The van der Waals surface area contributed by atoms with Crippen molar-refractivity contribution in [1.29, 1.82) is 0 Å². The van der Waals surface area contributed by atoms with Gasteiger partial charge in [-0.2, -0.15) is 0 Å². The smallest absolute Gasteiger partial charge is 0.265 e. The molecule has 1 amide bonds. The van der Waals surface area contributed by atoms with Crippen LogP contribution in [0.3, 0.4) is 0 Å². The molecule has 3 aromatic rings. The van der Waals surface area contributed by atoms with Gasteiger partial charge in [0.05, 0.1) is 19.3 Å². The molecule has 0 radical (unpaired) electrons. The summed E-state index contributed by atoms with van der Waals surface area (Å²) >= 11 is 1.10. The van der Waals surface area contributed by atoms with Crippen molar-refractivity contribution in [3.63, 3.8) is 0 Å². The number of carbonyl (C=O) groups excluding carboxylic acids is 1. The van der Waals surface area contributed by atoms with Crippen LogP contribution in [-0.2, 0) is 16.6 Å². The van der Waals surface area contributed by atoms with Crippen LogP contribution in [0.25, 0.3) is 0 Å². The van der Waals surface area contributed by atoms with Crippen LogP contribution in [0, 0.1) is 20.8 Å². The highest BCUT2D eigenvalue weighted by Crippen LogP contribution is 2.28. The Morgan fingerprint density at radius 3 is 2.48 bits per heavy atom. The molecule has 0 fully saturated rings. The maximum Gasteiger partial charge on any atom is 0.265 e. The van der Waals surface area contributed by atoms with Gasteiger partial charge in [0, 0.05) is 30.1 Å². The first-order chi connectivity index (χ1) is 14.6. The van der Waals surface area contributed by atoms with E-state index >= 15 is 0 Å². The van der Waals surface area contributed by atoms with Gasteiger partial charge in [-0.25, -0.2) is 8.42 Å². The molecule has 7 nitrogen and oxygen atoms in total. The second-order valence-corrected chi connectivity index (χ2v) is 9.86. The highest BCUT2D eigenvalue weighted by molar-refractivity contribution is 7.93. The van der Waals surface area contributed by atoms with Crippen LogP contribution in [0.15, 0.2) is 46.8 Å². The Labute approximate surface area is 186 Å². The molecule has 31 heavy (non-hydrogen) atoms. The molecule has 1 aromatic carbocycles. The molecule has 0 aliphatic carbocycles. The fourth-order valence-electron chi connectivity index (χ4n) is 3.20. The van der Waals surface area contributed by atoms with Gasteiger partial charge in [0.25, 0.3) is 15.9 Å². The zero-order chi connectivity index (χ0) is 22.8. The predicted molar refractivity (Wildman–Crippen MR) is 122 cm³/mol. The topological polar surface area (TPSA) is 88.6 Å². The number of benzene rings is 1. The van der Waals surface area contributed by atoms with Crippen LogP contribution in [0.2, 0.25) is 0 Å². The first-order valence-corrected chi connectivity index (χ1v) is 11.9. The summed E-state index contributed by atoms with van der Waals surface area (Å²) in [6.07, 6.45) is 1.70. The van der Waals surface area contributed by atoms with E-state index in [0.29, 0.717) is 11.4 Å². The van der Waals surface area contributed by atoms with Crippen molar-refractivity contribution in [2.24, 2.45) is 0 Å². The molecular weight excluding hydrogens is 434 g/mol. The molecule has 3 rings (SSSR count). The number of nitrogens with zero attached hydrogens (tertiary/aromatic N) is 2. The molecule has 9 heteroatoms. The van der Waals surface area contributed by atoms with E-state index in [1.807, 2.05) is 32.9 Å². The maximum absolute atomic E-state index is 13.1. The van der Waals surface area contributed by atoms with E-state index in [2.05, 4.69) is 9.71 Å². The highest BCUT2D eigenvalue weighted by Gasteiger charge is 2.27. The van der Waals surface area contributed by atoms with Crippen LogP contribution in [0.4, 0.5) is 5.69 Å². The van der Waals surface area contributed by atoms with Crippen molar-refractivity contribution in [2.75, 3.05) is 18.9 Å². The second kappa shape index (κ2) is 9.07. The number of aromatic nitrogens is 1. The minimum atomic E-state index is -3.91. The van der Waals surface area contributed by atoms with E-state index in [1.54, 1.807) is 37.9 Å². The Morgan fingerprint density at radius 1 is 1.16 bits per heavy atom. The Kier molecular flexibility index (Phi) is 6.66. The highest BCUT2D eigenvalue weighted by atomic mass is 32.2. The van der Waals surface area contributed by atoms with Gasteiger partial charge in [-0.1, -0.05) is 17.7 Å². The molecule has 0 spiro atoms. The van der Waals surface area contributed by atoms with Crippen LogP contribution >= 0.6 is 11.3 Å². The molecule has 0 bridgehead atoms. The van der Waals surface area contributed by atoms with E-state index in [4.69, 9.17) is 4.74 Å². The molecule has 2 heterocycles. The van der Waals surface area contributed by atoms with Crippen LogP contribution in [0.5, 0.6) is 5.75 Å². The minimum Gasteiger partial charge on any atom is -0.496 e. The predicted octanol–water partition coefficient (Wildman–Crippen LogP) is 4.15. The Bertz CT molecular complexity index is 1200. The summed E-state index contributed by atoms with van der Waals surface area (Å²) in [6.45, 7) is 5.94. The van der Waals surface area contributed by atoms with Gasteiger partial charge in [-0.15, -0.1) is 11.3 Å². The number of rotatable bonds is 7. The summed E-state index contributed by atoms with van der Waals surface area (Å²) in [5.41, 5.74) is 3.91. The number of thiophene rings is 1. The largest absolute Gasteiger partial charge is 0.496 e. The quantitative estimate of drug-likeness (QED) is 0.573. The third-order valence-corrected chi connectivity index (χ3v) is 7.36. The van der Waals surface area contributed by atoms with Crippen molar-refractivity contribution in [3.05, 3.63) is 69.2 Å². The van der Waals surface area contributed by atoms with Gasteiger partial charge in [0.15, 0.2) is 0 Å². The van der Waals surface area contributed by atoms with Gasteiger partial charge in [-0.3, -0.25) is 14.5 Å². The van der Waals surface area contributed by atoms with Gasteiger partial charge in [0.1, 0.15) is 15.5 Å². The van der Waals surface area contributed by atoms with Crippen molar-refractivity contribution in [1.82, 2.24) is 9.88 Å². The third-order valence-electron chi connectivity index (χ3n) is 4.90. The van der Waals surface area contributed by atoms with E-state index in [-0.39, 0.29) is 22.2 Å². The van der Waals surface area contributed by atoms with Crippen molar-refractivity contribution >= 4 is 33.0 Å². The average Bonchev–Trinajstić information content (AvgIpc) is 3.22. The van der Waals surface area contributed by atoms with E-state index in [1.165, 1.54) is 11.0 Å². The molecule has 0 aliphatic heterocycles. The van der Waals surface area contributed by atoms with Crippen LogP contribution in [-0.4, -0.2) is 38.4 Å². The number of anilines is 1. The first-order valence-electron chi connectivity index (χ1n) is 9.55. The fraction of sp³-hybridized carbons (Fsp3) is 0.273. The number of pyridine rings is 1. The van der Waals surface area contributed by atoms with Gasteiger partial charge in [-0.05, 0) is 44.4 Å². The lowest BCUT2D eigenvalue weighted by Crippen LogP contribution is -2.28. The molecule has 0 saturated heterocycles. The Balaban J connectivity index is 1.84. The molecule has 164 valence electrons. The molecule has 2 aromatic heterocycles. The lowest BCUT2D eigenvalue weighted by Gasteiger charge is -2.19. The van der Waals surface area contributed by atoms with E-state index in [0.717, 1.165) is 33.8 Å². The summed E-state index contributed by atoms with van der Waals surface area (Å²) in [6, 6.07) is 8.45. The molecule has 0 atom stereocenters. The second-order valence-electron chi connectivity index (χ2n) is 7.29. The monoisotopic (exact) mass is 459 g/mol. The standard InChI is InChI=1S/C22H25N3O4S2/c1-14-6-8-17(9-7-14)24-31(27,28)19-10-11-30-21(19)22(26)25(4)13-18-16(3)20(29-5)15(2)12-23-18/h6-12,24H,13H2,1-5H3. The van der Waals surface area contributed by atoms with E-state index < -0.39 is 10.0 Å². The summed E-state index contributed by atoms with van der Waals surface area (Å²) < 4.78 is 33.8. The summed E-state index contributed by atoms with van der Waals surface area (Å²) in [5, 5.41) is 1.60. The van der Waals surface area contributed by atoms with Crippen LogP contribution < -0.4 is 9.46 Å². The van der Waals surface area contributed by atoms with Gasteiger partial charge < -0.3 is 9.64 Å².